The van der Waals surface area contributed by atoms with Gasteiger partial charge in [-0.1, -0.05) is 59.6 Å². The molecule has 0 spiro atoms. The molecule has 0 fully saturated rings. The van der Waals surface area contributed by atoms with Gasteiger partial charge in [0, 0.05) is 27.9 Å². The standard InChI is InChI=1S/C23H17Cl2N3O3S/c1-31-23(30)28-22(32)27-19-10-8-15(21(29)13-5-3-2-4-6-13)11-16(19)20(26)14-7-9-17(24)18(25)12-14/h2-12,26H,1H3,(H2,27,28,30,32). The highest BCUT2D eigenvalue weighted by atomic mass is 35.5. The van der Waals surface area contributed by atoms with Gasteiger partial charge in [0.1, 0.15) is 0 Å². The van der Waals surface area contributed by atoms with Gasteiger partial charge < -0.3 is 10.1 Å². The van der Waals surface area contributed by atoms with E-state index < -0.39 is 6.09 Å². The van der Waals surface area contributed by atoms with Gasteiger partial charge in [0.2, 0.25) is 0 Å². The van der Waals surface area contributed by atoms with Crippen LogP contribution in [0, 0.1) is 5.41 Å². The van der Waals surface area contributed by atoms with E-state index in [4.69, 9.17) is 40.8 Å². The number of benzene rings is 3. The number of anilines is 1. The number of halogens is 2. The quantitative estimate of drug-likeness (QED) is 0.245. The number of hydrogen-bond donors (Lipinski definition) is 3. The predicted molar refractivity (Wildman–Crippen MR) is 130 cm³/mol. The van der Waals surface area contributed by atoms with Crippen LogP contribution in [0.25, 0.3) is 0 Å². The molecule has 0 atom stereocenters. The van der Waals surface area contributed by atoms with Crippen LogP contribution in [0.1, 0.15) is 27.0 Å². The minimum atomic E-state index is -0.737. The summed E-state index contributed by atoms with van der Waals surface area (Å²) in [6.45, 7) is 0. The zero-order chi connectivity index (χ0) is 23.3. The molecule has 0 unspecified atom stereocenters. The molecule has 9 heteroatoms. The van der Waals surface area contributed by atoms with Gasteiger partial charge >= 0.3 is 6.09 Å². The Labute approximate surface area is 200 Å². The monoisotopic (exact) mass is 485 g/mol. The summed E-state index contributed by atoms with van der Waals surface area (Å²) in [5.74, 6) is -0.199. The molecule has 0 aliphatic carbocycles. The Morgan fingerprint density at radius 1 is 0.906 bits per heavy atom. The highest BCUT2D eigenvalue weighted by molar-refractivity contribution is 7.80. The Morgan fingerprint density at radius 2 is 1.59 bits per heavy atom. The number of amides is 1. The Bertz CT molecular complexity index is 1220. The zero-order valence-electron chi connectivity index (χ0n) is 16.7. The van der Waals surface area contributed by atoms with Crippen LogP contribution in [-0.4, -0.2) is 29.8 Å². The number of rotatable bonds is 5. The van der Waals surface area contributed by atoms with Gasteiger partial charge in [0.05, 0.1) is 22.9 Å². The van der Waals surface area contributed by atoms with E-state index in [1.54, 1.807) is 60.7 Å². The first-order valence-corrected chi connectivity index (χ1v) is 10.4. The Kier molecular flexibility index (Phi) is 7.58. The number of carbonyl (C=O) groups is 2. The van der Waals surface area contributed by atoms with Crippen molar-refractivity contribution in [2.75, 3.05) is 12.4 Å². The fourth-order valence-corrected chi connectivity index (χ4v) is 3.35. The van der Waals surface area contributed by atoms with Crippen molar-refractivity contribution in [3.63, 3.8) is 0 Å². The molecular weight excluding hydrogens is 469 g/mol. The average molecular weight is 486 g/mol. The Morgan fingerprint density at radius 3 is 2.25 bits per heavy atom. The third-order valence-corrected chi connectivity index (χ3v) is 5.39. The molecule has 0 saturated carbocycles. The van der Waals surface area contributed by atoms with Gasteiger partial charge in [-0.3, -0.25) is 15.5 Å². The number of ether oxygens (including phenoxy) is 1. The second-order valence-corrected chi connectivity index (χ2v) is 7.75. The lowest BCUT2D eigenvalue weighted by Gasteiger charge is -2.16. The van der Waals surface area contributed by atoms with Gasteiger partial charge in [0.25, 0.3) is 0 Å². The van der Waals surface area contributed by atoms with Crippen LogP contribution in [0.5, 0.6) is 0 Å². The molecule has 162 valence electrons. The molecule has 3 aromatic rings. The Balaban J connectivity index is 2.03. The molecule has 0 bridgehead atoms. The third kappa shape index (κ3) is 5.50. The van der Waals surface area contributed by atoms with E-state index in [-0.39, 0.29) is 16.6 Å². The van der Waals surface area contributed by atoms with Crippen molar-refractivity contribution in [2.24, 2.45) is 0 Å². The summed E-state index contributed by atoms with van der Waals surface area (Å²) in [5.41, 5.74) is 2.25. The molecule has 0 aliphatic heterocycles. The first kappa shape index (κ1) is 23.4. The van der Waals surface area contributed by atoms with Crippen molar-refractivity contribution >= 4 is 63.8 Å². The van der Waals surface area contributed by atoms with Gasteiger partial charge in [-0.05, 0) is 42.5 Å². The van der Waals surface area contributed by atoms with Crippen LogP contribution in [-0.2, 0) is 4.74 Å². The van der Waals surface area contributed by atoms with Crippen LogP contribution in [0.2, 0.25) is 10.0 Å². The number of hydrogen-bond acceptors (Lipinski definition) is 5. The van der Waals surface area contributed by atoms with Gasteiger partial charge in [-0.25, -0.2) is 4.79 Å². The minimum Gasteiger partial charge on any atom is -0.453 e. The van der Waals surface area contributed by atoms with E-state index in [1.165, 1.54) is 7.11 Å². The SMILES string of the molecule is COC(=O)NC(=S)Nc1ccc(C(=O)c2ccccc2)cc1C(=N)c1ccc(Cl)c(Cl)c1. The highest BCUT2D eigenvalue weighted by Gasteiger charge is 2.17. The molecule has 3 aromatic carbocycles. The van der Waals surface area contributed by atoms with Crippen LogP contribution in [0.3, 0.4) is 0 Å². The molecule has 6 nitrogen and oxygen atoms in total. The van der Waals surface area contributed by atoms with E-state index in [2.05, 4.69) is 15.4 Å². The first-order valence-electron chi connectivity index (χ1n) is 9.24. The number of nitrogens with one attached hydrogen (secondary N) is 3. The highest BCUT2D eigenvalue weighted by Crippen LogP contribution is 2.27. The number of carbonyl (C=O) groups excluding carboxylic acids is 2. The van der Waals surface area contributed by atoms with Crippen molar-refractivity contribution in [1.82, 2.24) is 5.32 Å². The first-order chi connectivity index (χ1) is 15.3. The number of methoxy groups -OCH3 is 1. The molecule has 0 heterocycles. The molecule has 3 N–H and O–H groups in total. The smallest absolute Gasteiger partial charge is 0.413 e. The summed E-state index contributed by atoms with van der Waals surface area (Å²) < 4.78 is 4.54. The summed E-state index contributed by atoms with van der Waals surface area (Å²) >= 11 is 17.3. The maximum atomic E-state index is 12.9. The maximum absolute atomic E-state index is 12.9. The van der Waals surface area contributed by atoms with Crippen LogP contribution in [0.15, 0.2) is 66.7 Å². The third-order valence-electron chi connectivity index (χ3n) is 4.44. The van der Waals surface area contributed by atoms with Crippen molar-refractivity contribution < 1.29 is 14.3 Å². The lowest BCUT2D eigenvalue weighted by atomic mass is 9.95. The molecule has 1 amide bonds. The van der Waals surface area contributed by atoms with E-state index in [9.17, 15) is 9.59 Å². The van der Waals surface area contributed by atoms with Crippen molar-refractivity contribution in [3.8, 4) is 0 Å². The molecule has 0 aliphatic rings. The zero-order valence-corrected chi connectivity index (χ0v) is 19.1. The topological polar surface area (TPSA) is 91.3 Å². The normalized spacial score (nSPS) is 10.2. The lowest BCUT2D eigenvalue weighted by Crippen LogP contribution is -2.34. The second-order valence-electron chi connectivity index (χ2n) is 6.53. The Hall–Kier alpha value is -3.26. The van der Waals surface area contributed by atoms with E-state index >= 15 is 0 Å². The van der Waals surface area contributed by atoms with Crippen LogP contribution >= 0.6 is 35.4 Å². The number of ketones is 1. The van der Waals surface area contributed by atoms with Gasteiger partial charge in [-0.2, -0.15) is 0 Å². The van der Waals surface area contributed by atoms with Gasteiger partial charge in [0.15, 0.2) is 10.9 Å². The number of thiocarbonyl (C=S) groups is 1. The summed E-state index contributed by atoms with van der Waals surface area (Å²) in [4.78, 5) is 24.4. The molecule has 32 heavy (non-hydrogen) atoms. The number of alkyl carbamates (subject to hydrolysis) is 1. The fourth-order valence-electron chi connectivity index (χ4n) is 2.86. The lowest BCUT2D eigenvalue weighted by molar-refractivity contribution is 0.103. The van der Waals surface area contributed by atoms with Crippen molar-refractivity contribution in [1.29, 1.82) is 5.41 Å². The summed E-state index contributed by atoms with van der Waals surface area (Å²) in [7, 11) is 1.22. The molecule has 0 saturated heterocycles. The average Bonchev–Trinajstić information content (AvgIpc) is 2.80. The minimum absolute atomic E-state index is 0.0258. The largest absolute Gasteiger partial charge is 0.453 e. The molecule has 3 rings (SSSR count). The van der Waals surface area contributed by atoms with Crippen molar-refractivity contribution in [3.05, 3.63) is 99.0 Å². The van der Waals surface area contributed by atoms with Crippen LogP contribution < -0.4 is 10.6 Å². The molecule has 0 radical (unpaired) electrons. The van der Waals surface area contributed by atoms with Crippen molar-refractivity contribution in [2.45, 2.75) is 0 Å². The fraction of sp³-hybridized carbons (Fsp3) is 0.0435. The second kappa shape index (κ2) is 10.4. The molecule has 0 aromatic heterocycles. The summed E-state index contributed by atoms with van der Waals surface area (Å²) in [6, 6.07) is 18.4. The van der Waals surface area contributed by atoms with Gasteiger partial charge in [-0.15, -0.1) is 0 Å². The van der Waals surface area contributed by atoms with Crippen LogP contribution in [0.4, 0.5) is 10.5 Å². The van der Waals surface area contributed by atoms with E-state index in [0.29, 0.717) is 38.0 Å². The summed E-state index contributed by atoms with van der Waals surface area (Å²) in [6.07, 6.45) is -0.737. The summed E-state index contributed by atoms with van der Waals surface area (Å²) in [5, 5.41) is 14.6. The molecular formula is C23H17Cl2N3O3S. The van der Waals surface area contributed by atoms with E-state index in [1.807, 2.05) is 6.07 Å². The van der Waals surface area contributed by atoms with E-state index in [0.717, 1.165) is 0 Å². The maximum Gasteiger partial charge on any atom is 0.413 e. The predicted octanol–water partition coefficient (Wildman–Crippen LogP) is 5.69.